The molecule has 3 rings (SSSR count). The highest BCUT2D eigenvalue weighted by Crippen LogP contribution is 2.33. The first kappa shape index (κ1) is 15.7. The molecule has 2 aliphatic heterocycles. The first-order valence-corrected chi connectivity index (χ1v) is 8.65. The van der Waals surface area contributed by atoms with Gasteiger partial charge in [-0.25, -0.2) is 0 Å². The van der Waals surface area contributed by atoms with Gasteiger partial charge in [-0.15, -0.1) is 0 Å². The maximum absolute atomic E-state index is 12.7. The zero-order chi connectivity index (χ0) is 15.5. The molecule has 2 saturated heterocycles. The summed E-state index contributed by atoms with van der Waals surface area (Å²) in [5.74, 6) is 1.02. The summed E-state index contributed by atoms with van der Waals surface area (Å²) in [6.45, 7) is 3.49. The summed E-state index contributed by atoms with van der Waals surface area (Å²) in [4.78, 5) is 28.2. The van der Waals surface area contributed by atoms with E-state index in [0.29, 0.717) is 18.5 Å². The van der Waals surface area contributed by atoms with Crippen LogP contribution in [0.5, 0.6) is 0 Å². The zero-order valence-electron chi connectivity index (χ0n) is 13.5. The van der Waals surface area contributed by atoms with Crippen molar-refractivity contribution in [2.75, 3.05) is 39.8 Å². The molecule has 1 saturated carbocycles. The van der Waals surface area contributed by atoms with Gasteiger partial charge < -0.3 is 15.5 Å². The molecule has 3 aliphatic rings. The number of carbonyl (C=O) groups is 2. The van der Waals surface area contributed by atoms with Crippen molar-refractivity contribution >= 4 is 11.8 Å². The normalized spacial score (nSPS) is 32.6. The van der Waals surface area contributed by atoms with Gasteiger partial charge in [0.25, 0.3) is 0 Å². The lowest BCUT2D eigenvalue weighted by Crippen LogP contribution is -2.54. The average Bonchev–Trinajstić information content (AvgIpc) is 2.98. The van der Waals surface area contributed by atoms with Crippen molar-refractivity contribution in [1.82, 2.24) is 20.4 Å². The number of hydrogen-bond donors (Lipinski definition) is 2. The molecule has 1 aliphatic carbocycles. The third-order valence-electron chi connectivity index (χ3n) is 5.49. The molecule has 124 valence electrons. The van der Waals surface area contributed by atoms with Crippen LogP contribution in [0.3, 0.4) is 0 Å². The maximum Gasteiger partial charge on any atom is 0.239 e. The van der Waals surface area contributed by atoms with Crippen molar-refractivity contribution in [2.45, 2.75) is 44.2 Å². The van der Waals surface area contributed by atoms with E-state index in [-0.39, 0.29) is 17.9 Å². The highest BCUT2D eigenvalue weighted by atomic mass is 16.2. The number of fused-ring (bicyclic) bond motifs is 1. The molecule has 0 aromatic carbocycles. The Hall–Kier alpha value is -1.14. The van der Waals surface area contributed by atoms with Gasteiger partial charge in [-0.3, -0.25) is 14.5 Å². The van der Waals surface area contributed by atoms with Crippen LogP contribution in [0.4, 0.5) is 0 Å². The van der Waals surface area contributed by atoms with E-state index in [2.05, 4.69) is 15.5 Å². The quantitative estimate of drug-likeness (QED) is 0.758. The molecule has 0 spiro atoms. The number of nitrogens with one attached hydrogen (secondary N) is 2. The monoisotopic (exact) mass is 308 g/mol. The van der Waals surface area contributed by atoms with Gasteiger partial charge in [-0.1, -0.05) is 12.8 Å². The second-order valence-electron chi connectivity index (χ2n) is 6.88. The highest BCUT2D eigenvalue weighted by molar-refractivity contribution is 5.82. The van der Waals surface area contributed by atoms with Crippen molar-refractivity contribution in [1.29, 1.82) is 0 Å². The molecule has 2 amide bonds. The summed E-state index contributed by atoms with van der Waals surface area (Å²) in [5, 5.41) is 6.22. The molecule has 0 aromatic heterocycles. The van der Waals surface area contributed by atoms with E-state index in [1.54, 1.807) is 7.05 Å². The fourth-order valence-electron chi connectivity index (χ4n) is 4.14. The van der Waals surface area contributed by atoms with Crippen molar-refractivity contribution < 1.29 is 9.59 Å². The van der Waals surface area contributed by atoms with Crippen LogP contribution in [0.2, 0.25) is 0 Å². The summed E-state index contributed by atoms with van der Waals surface area (Å²) in [7, 11) is 1.66. The molecule has 2 heterocycles. The van der Waals surface area contributed by atoms with Crippen LogP contribution < -0.4 is 10.6 Å². The Morgan fingerprint density at radius 3 is 2.55 bits per heavy atom. The fourth-order valence-corrected chi connectivity index (χ4v) is 4.14. The molecule has 0 radical (unpaired) electrons. The summed E-state index contributed by atoms with van der Waals surface area (Å²) in [6, 6.07) is 0.593. The van der Waals surface area contributed by atoms with Gasteiger partial charge in [0.2, 0.25) is 11.8 Å². The molecule has 3 unspecified atom stereocenters. The zero-order valence-corrected chi connectivity index (χ0v) is 13.5. The second-order valence-corrected chi connectivity index (χ2v) is 6.88. The van der Waals surface area contributed by atoms with Gasteiger partial charge in [0.15, 0.2) is 0 Å². The fraction of sp³-hybridized carbons (Fsp3) is 0.875. The Kier molecular flexibility index (Phi) is 4.98. The maximum atomic E-state index is 12.7. The smallest absolute Gasteiger partial charge is 0.239 e. The van der Waals surface area contributed by atoms with Crippen LogP contribution >= 0.6 is 0 Å². The van der Waals surface area contributed by atoms with Gasteiger partial charge >= 0.3 is 0 Å². The van der Waals surface area contributed by atoms with Gasteiger partial charge in [0, 0.05) is 39.3 Å². The average molecular weight is 308 g/mol. The predicted octanol–water partition coefficient (Wildman–Crippen LogP) is -0.203. The Morgan fingerprint density at radius 2 is 1.86 bits per heavy atom. The minimum Gasteiger partial charge on any atom is -0.358 e. The SMILES string of the molecule is CNC(=O)CN1CCN(C(=O)C2CC3CCCCC3N2)CC1. The summed E-state index contributed by atoms with van der Waals surface area (Å²) in [5.41, 5.74) is 0. The van der Waals surface area contributed by atoms with E-state index in [4.69, 9.17) is 0 Å². The van der Waals surface area contributed by atoms with Crippen LogP contribution in [0.15, 0.2) is 0 Å². The van der Waals surface area contributed by atoms with Crippen molar-refractivity contribution in [3.05, 3.63) is 0 Å². The van der Waals surface area contributed by atoms with E-state index in [9.17, 15) is 9.59 Å². The largest absolute Gasteiger partial charge is 0.358 e. The Bertz CT molecular complexity index is 406. The highest BCUT2D eigenvalue weighted by Gasteiger charge is 2.40. The number of piperazine rings is 1. The van der Waals surface area contributed by atoms with Crippen LogP contribution in [-0.4, -0.2) is 73.5 Å². The number of hydrogen-bond acceptors (Lipinski definition) is 4. The van der Waals surface area contributed by atoms with Crippen molar-refractivity contribution in [3.63, 3.8) is 0 Å². The number of amides is 2. The molecule has 6 nitrogen and oxygen atoms in total. The van der Waals surface area contributed by atoms with Crippen LogP contribution in [0.1, 0.15) is 32.1 Å². The molecule has 6 heteroatoms. The van der Waals surface area contributed by atoms with Gasteiger partial charge in [0.05, 0.1) is 12.6 Å². The molecule has 0 bridgehead atoms. The minimum absolute atomic E-state index is 0.0265. The molecular formula is C16H28N4O2. The van der Waals surface area contributed by atoms with Crippen molar-refractivity contribution in [2.24, 2.45) is 5.92 Å². The lowest BCUT2D eigenvalue weighted by Gasteiger charge is -2.35. The van der Waals surface area contributed by atoms with Gasteiger partial charge in [-0.05, 0) is 25.2 Å². The topological polar surface area (TPSA) is 64.7 Å². The molecule has 0 aromatic rings. The molecule has 22 heavy (non-hydrogen) atoms. The van der Waals surface area contributed by atoms with Gasteiger partial charge in [-0.2, -0.15) is 0 Å². The number of likely N-dealkylation sites (N-methyl/N-ethyl adjacent to an activating group) is 1. The number of carbonyl (C=O) groups excluding carboxylic acids is 2. The summed E-state index contributed by atoms with van der Waals surface area (Å²) < 4.78 is 0. The van der Waals surface area contributed by atoms with Gasteiger partial charge in [0.1, 0.15) is 0 Å². The van der Waals surface area contributed by atoms with Crippen LogP contribution in [-0.2, 0) is 9.59 Å². The first-order chi connectivity index (χ1) is 10.7. The van der Waals surface area contributed by atoms with E-state index in [0.717, 1.165) is 32.6 Å². The summed E-state index contributed by atoms with van der Waals surface area (Å²) >= 11 is 0. The molecule has 2 N–H and O–H groups in total. The molecule has 3 fully saturated rings. The second kappa shape index (κ2) is 6.96. The third-order valence-corrected chi connectivity index (χ3v) is 5.49. The Balaban J connectivity index is 1.47. The van der Waals surface area contributed by atoms with E-state index in [1.165, 1.54) is 25.7 Å². The van der Waals surface area contributed by atoms with Crippen molar-refractivity contribution in [3.8, 4) is 0 Å². The molecule has 3 atom stereocenters. The predicted molar refractivity (Wildman–Crippen MR) is 84.4 cm³/mol. The Morgan fingerprint density at radius 1 is 1.14 bits per heavy atom. The van der Waals surface area contributed by atoms with E-state index in [1.807, 2.05) is 4.90 Å². The standard InChI is InChI=1S/C16H28N4O2/c1-17-15(21)11-19-6-8-20(9-7-19)16(22)14-10-12-4-2-3-5-13(12)18-14/h12-14,18H,2-11H2,1H3,(H,17,21). The van der Waals surface area contributed by atoms with E-state index < -0.39 is 0 Å². The third kappa shape index (κ3) is 3.43. The lowest BCUT2D eigenvalue weighted by molar-refractivity contribution is -0.135. The first-order valence-electron chi connectivity index (χ1n) is 8.65. The number of rotatable bonds is 3. The lowest BCUT2D eigenvalue weighted by atomic mass is 9.85. The Labute approximate surface area is 132 Å². The minimum atomic E-state index is 0.0265. The molecular weight excluding hydrogens is 280 g/mol. The van der Waals surface area contributed by atoms with Crippen LogP contribution in [0.25, 0.3) is 0 Å². The summed E-state index contributed by atoms with van der Waals surface area (Å²) in [6.07, 6.45) is 6.15. The van der Waals surface area contributed by atoms with Crippen LogP contribution in [0, 0.1) is 5.92 Å². The van der Waals surface area contributed by atoms with E-state index >= 15 is 0 Å². The number of nitrogens with zero attached hydrogens (tertiary/aromatic N) is 2.